The molecule has 2 unspecified atom stereocenters. The molecule has 0 saturated heterocycles. The third-order valence-corrected chi connectivity index (χ3v) is 4.48. The Morgan fingerprint density at radius 2 is 1.80 bits per heavy atom. The Kier molecular flexibility index (Phi) is 6.40. The van der Waals surface area contributed by atoms with Gasteiger partial charge in [0.05, 0.1) is 5.25 Å². The Labute approximate surface area is 93.7 Å². The van der Waals surface area contributed by atoms with E-state index < -0.39 is 15.3 Å². The zero-order valence-electron chi connectivity index (χ0n) is 10.2. The lowest BCUT2D eigenvalue weighted by molar-refractivity contribution is 0.477. The Hall–Kier alpha value is -0.130. The van der Waals surface area contributed by atoms with Gasteiger partial charge in [-0.05, 0) is 25.7 Å². The van der Waals surface area contributed by atoms with E-state index in [1.807, 2.05) is 13.8 Å². The molecule has 92 valence electrons. The Morgan fingerprint density at radius 1 is 1.27 bits per heavy atom. The van der Waals surface area contributed by atoms with Crippen molar-refractivity contribution < 1.29 is 8.42 Å². The van der Waals surface area contributed by atoms with Crippen LogP contribution in [0.2, 0.25) is 0 Å². The summed E-state index contributed by atoms with van der Waals surface area (Å²) in [5.74, 6) is 0.487. The number of nitrogens with one attached hydrogen (secondary N) is 1. The van der Waals surface area contributed by atoms with Gasteiger partial charge in [-0.1, -0.05) is 20.8 Å². The van der Waals surface area contributed by atoms with Crippen LogP contribution in [-0.4, -0.2) is 26.3 Å². The van der Waals surface area contributed by atoms with Crippen LogP contribution < -0.4 is 10.5 Å². The highest BCUT2D eigenvalue weighted by atomic mass is 32.2. The summed E-state index contributed by atoms with van der Waals surface area (Å²) >= 11 is 0. The molecule has 2 atom stereocenters. The maximum atomic E-state index is 11.8. The van der Waals surface area contributed by atoms with Crippen molar-refractivity contribution >= 4 is 10.0 Å². The summed E-state index contributed by atoms with van der Waals surface area (Å²) in [6.07, 6.45) is 1.40. The zero-order valence-corrected chi connectivity index (χ0v) is 11.0. The van der Waals surface area contributed by atoms with E-state index in [0.29, 0.717) is 12.3 Å². The Balaban J connectivity index is 4.36. The number of hydrogen-bond donors (Lipinski definition) is 2. The quantitative estimate of drug-likeness (QED) is 0.694. The van der Waals surface area contributed by atoms with E-state index in [0.717, 1.165) is 6.42 Å². The smallest absolute Gasteiger partial charge is 0.215 e. The fourth-order valence-corrected chi connectivity index (χ4v) is 3.19. The molecule has 15 heavy (non-hydrogen) atoms. The molecule has 0 heterocycles. The first kappa shape index (κ1) is 14.9. The molecule has 0 saturated carbocycles. The number of nitrogens with two attached hydrogens (primary N) is 1. The van der Waals surface area contributed by atoms with Crippen molar-refractivity contribution in [1.29, 1.82) is 0 Å². The molecule has 5 heteroatoms. The van der Waals surface area contributed by atoms with Crippen molar-refractivity contribution in [3.8, 4) is 0 Å². The predicted octanol–water partition coefficient (Wildman–Crippen LogP) is 1.08. The molecule has 0 spiro atoms. The van der Waals surface area contributed by atoms with Crippen molar-refractivity contribution in [3.05, 3.63) is 0 Å². The predicted molar refractivity (Wildman–Crippen MR) is 64.1 cm³/mol. The Bertz CT molecular complexity index is 259. The van der Waals surface area contributed by atoms with Crippen LogP contribution in [0.5, 0.6) is 0 Å². The lowest BCUT2D eigenvalue weighted by atomic mass is 10.1. The maximum Gasteiger partial charge on any atom is 0.215 e. The van der Waals surface area contributed by atoms with E-state index >= 15 is 0 Å². The molecule has 0 aromatic rings. The van der Waals surface area contributed by atoms with Gasteiger partial charge in [0.15, 0.2) is 0 Å². The van der Waals surface area contributed by atoms with Crippen molar-refractivity contribution in [2.24, 2.45) is 11.7 Å². The minimum atomic E-state index is -3.24. The normalized spacial score (nSPS) is 16.7. The van der Waals surface area contributed by atoms with Crippen LogP contribution in [0.4, 0.5) is 0 Å². The Morgan fingerprint density at radius 3 is 2.13 bits per heavy atom. The second kappa shape index (κ2) is 6.45. The standard InChI is InChI=1S/C10H24N2O2S/c1-5-10(7-11)15(13,14)12-9(4)6-8(2)3/h8-10,12H,5-7,11H2,1-4H3. The molecular formula is C10H24N2O2S. The minimum absolute atomic E-state index is 0.0180. The first-order valence-electron chi connectivity index (χ1n) is 5.54. The molecule has 0 aliphatic rings. The summed E-state index contributed by atoms with van der Waals surface area (Å²) in [6, 6.07) is -0.0180. The molecule has 0 bridgehead atoms. The average Bonchev–Trinajstić information content (AvgIpc) is 2.02. The van der Waals surface area contributed by atoms with E-state index in [9.17, 15) is 8.42 Å². The topological polar surface area (TPSA) is 72.2 Å². The average molecular weight is 236 g/mol. The van der Waals surface area contributed by atoms with Crippen LogP contribution in [0.25, 0.3) is 0 Å². The number of sulfonamides is 1. The van der Waals surface area contributed by atoms with Gasteiger partial charge in [-0.25, -0.2) is 13.1 Å². The molecule has 3 N–H and O–H groups in total. The molecular weight excluding hydrogens is 212 g/mol. The van der Waals surface area contributed by atoms with Crippen LogP contribution in [0.1, 0.15) is 40.5 Å². The van der Waals surface area contributed by atoms with E-state index in [1.54, 1.807) is 0 Å². The summed E-state index contributed by atoms with van der Waals surface area (Å²) in [6.45, 7) is 8.06. The van der Waals surface area contributed by atoms with Crippen molar-refractivity contribution in [2.75, 3.05) is 6.54 Å². The van der Waals surface area contributed by atoms with Crippen LogP contribution in [0.15, 0.2) is 0 Å². The van der Waals surface area contributed by atoms with Gasteiger partial charge in [0, 0.05) is 12.6 Å². The zero-order chi connectivity index (χ0) is 12.1. The first-order valence-corrected chi connectivity index (χ1v) is 7.09. The van der Waals surface area contributed by atoms with Crippen LogP contribution >= 0.6 is 0 Å². The van der Waals surface area contributed by atoms with Gasteiger partial charge in [0.1, 0.15) is 0 Å². The van der Waals surface area contributed by atoms with Gasteiger partial charge >= 0.3 is 0 Å². The molecule has 0 fully saturated rings. The molecule has 0 radical (unpaired) electrons. The number of hydrogen-bond acceptors (Lipinski definition) is 3. The van der Waals surface area contributed by atoms with Gasteiger partial charge in [-0.15, -0.1) is 0 Å². The molecule has 0 aliphatic heterocycles. The fourth-order valence-electron chi connectivity index (χ4n) is 1.64. The lowest BCUT2D eigenvalue weighted by Crippen LogP contribution is -2.43. The molecule has 0 rings (SSSR count). The minimum Gasteiger partial charge on any atom is -0.329 e. The third kappa shape index (κ3) is 5.49. The van der Waals surface area contributed by atoms with Crippen LogP contribution in [-0.2, 0) is 10.0 Å². The van der Waals surface area contributed by atoms with Gasteiger partial charge in [0.25, 0.3) is 0 Å². The highest BCUT2D eigenvalue weighted by Gasteiger charge is 2.23. The van der Waals surface area contributed by atoms with E-state index in [1.165, 1.54) is 0 Å². The lowest BCUT2D eigenvalue weighted by Gasteiger charge is -2.20. The van der Waals surface area contributed by atoms with Gasteiger partial charge in [-0.3, -0.25) is 0 Å². The maximum absolute atomic E-state index is 11.8. The summed E-state index contributed by atoms with van der Waals surface area (Å²) in [7, 11) is -3.24. The summed E-state index contributed by atoms with van der Waals surface area (Å²) < 4.78 is 26.3. The number of rotatable bonds is 7. The van der Waals surface area contributed by atoms with Gasteiger partial charge in [-0.2, -0.15) is 0 Å². The second-order valence-electron chi connectivity index (χ2n) is 4.46. The SMILES string of the molecule is CCC(CN)S(=O)(=O)NC(C)CC(C)C. The molecule has 4 nitrogen and oxygen atoms in total. The molecule has 0 aliphatic carbocycles. The van der Waals surface area contributed by atoms with Crippen LogP contribution in [0.3, 0.4) is 0 Å². The highest BCUT2D eigenvalue weighted by molar-refractivity contribution is 7.90. The van der Waals surface area contributed by atoms with Gasteiger partial charge in [0.2, 0.25) is 10.0 Å². The largest absolute Gasteiger partial charge is 0.329 e. The van der Waals surface area contributed by atoms with Crippen LogP contribution in [0, 0.1) is 5.92 Å². The van der Waals surface area contributed by atoms with Crippen molar-refractivity contribution in [1.82, 2.24) is 4.72 Å². The van der Waals surface area contributed by atoms with Crippen molar-refractivity contribution in [2.45, 2.75) is 51.8 Å². The van der Waals surface area contributed by atoms with E-state index in [2.05, 4.69) is 18.6 Å². The molecule has 0 amide bonds. The fraction of sp³-hybridized carbons (Fsp3) is 1.00. The van der Waals surface area contributed by atoms with Gasteiger partial charge < -0.3 is 5.73 Å². The highest BCUT2D eigenvalue weighted by Crippen LogP contribution is 2.08. The summed E-state index contributed by atoms with van der Waals surface area (Å²) in [5.41, 5.74) is 5.43. The third-order valence-electron chi connectivity index (χ3n) is 2.35. The second-order valence-corrected chi connectivity index (χ2v) is 6.45. The van der Waals surface area contributed by atoms with Crippen molar-refractivity contribution in [3.63, 3.8) is 0 Å². The summed E-state index contributed by atoms with van der Waals surface area (Å²) in [5, 5.41) is -0.466. The van der Waals surface area contributed by atoms with E-state index in [4.69, 9.17) is 5.73 Å². The first-order chi connectivity index (χ1) is 6.83. The van der Waals surface area contributed by atoms with E-state index in [-0.39, 0.29) is 12.6 Å². The molecule has 0 aromatic carbocycles. The summed E-state index contributed by atoms with van der Waals surface area (Å²) in [4.78, 5) is 0. The monoisotopic (exact) mass is 236 g/mol. The molecule has 0 aromatic heterocycles.